The van der Waals surface area contributed by atoms with Gasteiger partial charge in [0.05, 0.1) is 11.5 Å². The highest BCUT2D eigenvalue weighted by Crippen LogP contribution is 1.89. The van der Waals surface area contributed by atoms with E-state index in [1.54, 1.807) is 0 Å². The third-order valence-corrected chi connectivity index (χ3v) is 4.64. The summed E-state index contributed by atoms with van der Waals surface area (Å²) < 4.78 is 49.2. The molecule has 0 amide bonds. The topological polar surface area (TPSA) is 92.3 Å². The smallest absolute Gasteiger partial charge is 0.215 e. The quantitative estimate of drug-likeness (QED) is 0.586. The molecular weight excluding hydrogens is 288 g/mol. The van der Waals surface area contributed by atoms with Gasteiger partial charge in [-0.05, 0) is 13.3 Å². The Labute approximate surface area is 108 Å². The second kappa shape index (κ2) is 8.04. The van der Waals surface area contributed by atoms with Crippen molar-refractivity contribution >= 4 is 31.6 Å². The van der Waals surface area contributed by atoms with Crippen molar-refractivity contribution in [1.29, 1.82) is 0 Å². The van der Waals surface area contributed by atoms with Crippen molar-refractivity contribution in [3.63, 3.8) is 0 Å². The Morgan fingerprint density at radius 1 is 1.06 bits per heavy atom. The van der Waals surface area contributed by atoms with E-state index in [4.69, 9.17) is 11.6 Å². The van der Waals surface area contributed by atoms with E-state index in [2.05, 4.69) is 9.44 Å². The molecule has 102 valence electrons. The molecule has 0 rings (SSSR count). The van der Waals surface area contributed by atoms with Gasteiger partial charge in [0.15, 0.2) is 0 Å². The Morgan fingerprint density at radius 3 is 2.06 bits per heavy atom. The molecule has 17 heavy (non-hydrogen) atoms. The van der Waals surface area contributed by atoms with E-state index < -0.39 is 20.0 Å². The van der Waals surface area contributed by atoms with Gasteiger partial charge in [0, 0.05) is 18.6 Å². The fraction of sp³-hybridized carbons (Fsp3) is 0.750. The van der Waals surface area contributed by atoms with E-state index in [0.717, 1.165) is 5.54 Å². The highest BCUT2D eigenvalue weighted by atomic mass is 35.5. The lowest BCUT2D eigenvalue weighted by Crippen LogP contribution is -2.31. The second-order valence-corrected chi connectivity index (χ2v) is 7.39. The highest BCUT2D eigenvalue weighted by molar-refractivity contribution is 7.89. The highest BCUT2D eigenvalue weighted by Gasteiger charge is 2.07. The molecule has 0 aliphatic carbocycles. The van der Waals surface area contributed by atoms with Gasteiger partial charge in [-0.1, -0.05) is 17.7 Å². The van der Waals surface area contributed by atoms with Crippen LogP contribution in [0.5, 0.6) is 0 Å². The molecule has 0 aliphatic heterocycles. The summed E-state index contributed by atoms with van der Waals surface area (Å²) in [5.41, 5.74) is 1.13. The summed E-state index contributed by atoms with van der Waals surface area (Å²) in [5.74, 6) is -0.170. The van der Waals surface area contributed by atoms with Gasteiger partial charge in [0.1, 0.15) is 0 Å². The normalized spacial score (nSPS) is 13.3. The monoisotopic (exact) mass is 304 g/mol. The first-order valence-electron chi connectivity index (χ1n) is 5.03. The molecule has 0 spiro atoms. The van der Waals surface area contributed by atoms with Crippen molar-refractivity contribution in [2.24, 2.45) is 0 Å². The molecule has 2 N–H and O–H groups in total. The van der Waals surface area contributed by atoms with Crippen molar-refractivity contribution < 1.29 is 16.8 Å². The Hall–Kier alpha value is -0.150. The number of rotatable bonds is 9. The van der Waals surface area contributed by atoms with E-state index in [0.29, 0.717) is 6.42 Å². The van der Waals surface area contributed by atoms with Crippen LogP contribution in [0.2, 0.25) is 0 Å². The van der Waals surface area contributed by atoms with Crippen LogP contribution >= 0.6 is 11.6 Å². The minimum absolute atomic E-state index is 0.0131. The zero-order valence-corrected chi connectivity index (χ0v) is 11.9. The lowest BCUT2D eigenvalue weighted by molar-refractivity contribution is 0.574. The lowest BCUT2D eigenvalue weighted by Gasteiger charge is -2.05. The molecule has 6 nitrogen and oxygen atoms in total. The van der Waals surface area contributed by atoms with Crippen LogP contribution in [0.4, 0.5) is 0 Å². The van der Waals surface area contributed by atoms with Crippen LogP contribution in [0.1, 0.15) is 13.3 Å². The summed E-state index contributed by atoms with van der Waals surface area (Å²) in [6, 6.07) is 0. The zero-order chi connectivity index (χ0) is 13.4. The Bertz CT molecular complexity index is 430. The van der Waals surface area contributed by atoms with Crippen LogP contribution in [0.15, 0.2) is 11.6 Å². The summed E-state index contributed by atoms with van der Waals surface area (Å²) in [7, 11) is -6.57. The minimum atomic E-state index is -3.36. The van der Waals surface area contributed by atoms with Gasteiger partial charge in [0.25, 0.3) is 0 Å². The lowest BCUT2D eigenvalue weighted by atomic mass is 10.4. The standard InChI is InChI=1S/C8H17ClN2O4S2/c1-2-16(12,13)10-6-4-7-11-17(14,15)8-3-5-9/h3,5,10-11H,2,4,6-8H2,1H3. The Morgan fingerprint density at radius 2 is 1.59 bits per heavy atom. The third kappa shape index (κ3) is 9.54. The molecule has 0 fully saturated rings. The first kappa shape index (κ1) is 16.9. The minimum Gasteiger partial charge on any atom is -0.215 e. The van der Waals surface area contributed by atoms with Gasteiger partial charge in [-0.2, -0.15) is 0 Å². The molecule has 0 aliphatic rings. The summed E-state index contributed by atoms with van der Waals surface area (Å²) in [5, 5.41) is 0. The van der Waals surface area contributed by atoms with E-state index in [1.165, 1.54) is 13.0 Å². The predicted octanol–water partition coefficient (Wildman–Crippen LogP) is -0.0123. The Balaban J connectivity index is 3.79. The van der Waals surface area contributed by atoms with Gasteiger partial charge in [-0.25, -0.2) is 26.3 Å². The maximum Gasteiger partial charge on any atom is 0.215 e. The molecule has 0 unspecified atom stereocenters. The van der Waals surface area contributed by atoms with E-state index in [-0.39, 0.29) is 24.6 Å². The SMILES string of the molecule is CCS(=O)(=O)NCCCNS(=O)(=O)CC=CCl. The van der Waals surface area contributed by atoms with Gasteiger partial charge in [-0.15, -0.1) is 0 Å². The largest absolute Gasteiger partial charge is 0.215 e. The molecule has 0 heterocycles. The van der Waals surface area contributed by atoms with Gasteiger partial charge >= 0.3 is 0 Å². The van der Waals surface area contributed by atoms with E-state index in [1.807, 2.05) is 0 Å². The zero-order valence-electron chi connectivity index (χ0n) is 9.52. The molecule has 0 bridgehead atoms. The first-order chi connectivity index (χ1) is 7.83. The number of hydrogen-bond acceptors (Lipinski definition) is 4. The first-order valence-corrected chi connectivity index (χ1v) is 8.77. The van der Waals surface area contributed by atoms with Crippen molar-refractivity contribution in [2.45, 2.75) is 13.3 Å². The van der Waals surface area contributed by atoms with Crippen molar-refractivity contribution in [3.8, 4) is 0 Å². The predicted molar refractivity (Wildman–Crippen MR) is 68.9 cm³/mol. The van der Waals surface area contributed by atoms with Crippen LogP contribution in [0.25, 0.3) is 0 Å². The van der Waals surface area contributed by atoms with Crippen LogP contribution in [-0.2, 0) is 20.0 Å². The molecule has 0 saturated carbocycles. The molecular formula is C8H17ClN2O4S2. The van der Waals surface area contributed by atoms with Crippen LogP contribution in [0.3, 0.4) is 0 Å². The average molecular weight is 305 g/mol. The van der Waals surface area contributed by atoms with Crippen molar-refractivity contribution in [1.82, 2.24) is 9.44 Å². The summed E-state index contributed by atoms with van der Waals surface area (Å²) >= 11 is 5.21. The van der Waals surface area contributed by atoms with Crippen LogP contribution in [-0.4, -0.2) is 41.4 Å². The molecule has 0 saturated heterocycles. The van der Waals surface area contributed by atoms with E-state index in [9.17, 15) is 16.8 Å². The maximum absolute atomic E-state index is 11.2. The number of hydrogen-bond donors (Lipinski definition) is 2. The second-order valence-electron chi connectivity index (χ2n) is 3.19. The molecule has 0 radical (unpaired) electrons. The Kier molecular flexibility index (Phi) is 7.97. The third-order valence-electron chi connectivity index (χ3n) is 1.78. The van der Waals surface area contributed by atoms with E-state index >= 15 is 0 Å². The van der Waals surface area contributed by atoms with Crippen molar-refractivity contribution in [3.05, 3.63) is 11.6 Å². The maximum atomic E-state index is 11.2. The summed E-state index contributed by atoms with van der Waals surface area (Å²) in [4.78, 5) is 0. The molecule has 0 aromatic rings. The van der Waals surface area contributed by atoms with Gasteiger partial charge in [-0.3, -0.25) is 0 Å². The molecule has 9 heteroatoms. The summed E-state index contributed by atoms with van der Waals surface area (Å²) in [6.07, 6.45) is 1.70. The van der Waals surface area contributed by atoms with Gasteiger partial charge < -0.3 is 0 Å². The number of halogens is 1. The van der Waals surface area contributed by atoms with Crippen LogP contribution in [0, 0.1) is 0 Å². The number of nitrogens with one attached hydrogen (secondary N) is 2. The average Bonchev–Trinajstić information content (AvgIpc) is 2.26. The fourth-order valence-electron chi connectivity index (χ4n) is 0.868. The molecule has 0 aromatic heterocycles. The van der Waals surface area contributed by atoms with Crippen molar-refractivity contribution in [2.75, 3.05) is 24.6 Å². The number of sulfonamides is 2. The molecule has 0 aromatic carbocycles. The van der Waals surface area contributed by atoms with Crippen LogP contribution < -0.4 is 9.44 Å². The fourth-order valence-corrected chi connectivity index (χ4v) is 2.64. The van der Waals surface area contributed by atoms with Gasteiger partial charge in [0.2, 0.25) is 20.0 Å². The summed E-state index contributed by atoms with van der Waals surface area (Å²) in [6.45, 7) is 1.93. The molecule has 0 atom stereocenters.